The largest absolute Gasteiger partial charge is 0.494 e. The van der Waals surface area contributed by atoms with Crippen LogP contribution in [0.15, 0.2) is 61.1 Å². The Bertz CT molecular complexity index is 975. The van der Waals surface area contributed by atoms with Crippen molar-refractivity contribution in [1.82, 2.24) is 9.55 Å². The van der Waals surface area contributed by atoms with E-state index in [1.807, 2.05) is 49.4 Å². The zero-order valence-electron chi connectivity index (χ0n) is 18.1. The number of aromatic nitrogens is 2. The highest BCUT2D eigenvalue weighted by molar-refractivity contribution is 5.90. The second kappa shape index (κ2) is 12.7. The number of nitrogens with zero attached hydrogens (tertiary/aromatic N) is 2. The molecular formula is C24H30ClN3O4. The molecule has 0 unspecified atom stereocenters. The monoisotopic (exact) mass is 459 g/mol. The molecule has 3 N–H and O–H groups in total. The van der Waals surface area contributed by atoms with E-state index in [1.165, 1.54) is 6.33 Å². The van der Waals surface area contributed by atoms with E-state index in [2.05, 4.69) is 11.1 Å². The molecule has 3 aromatic rings. The maximum Gasteiger partial charge on any atom is 0.268 e. The number of aliphatic hydroxyl groups is 1. The molecule has 0 saturated heterocycles. The van der Waals surface area contributed by atoms with E-state index in [1.54, 1.807) is 10.8 Å². The van der Waals surface area contributed by atoms with Crippen molar-refractivity contribution < 1.29 is 19.4 Å². The number of ether oxygens (including phenoxy) is 2. The first kappa shape index (κ1) is 25.2. The van der Waals surface area contributed by atoms with Crippen LogP contribution in [-0.2, 0) is 19.6 Å². The Morgan fingerprint density at radius 2 is 1.91 bits per heavy atom. The quantitative estimate of drug-likeness (QED) is 0.429. The van der Waals surface area contributed by atoms with E-state index in [-0.39, 0.29) is 18.1 Å². The lowest BCUT2D eigenvalue weighted by molar-refractivity contribution is 0.0995. The highest BCUT2D eigenvalue weighted by Crippen LogP contribution is 2.22. The fraction of sp³-hybridized carbons (Fsp3) is 0.333. The van der Waals surface area contributed by atoms with E-state index < -0.39 is 12.0 Å². The van der Waals surface area contributed by atoms with E-state index in [9.17, 15) is 9.90 Å². The summed E-state index contributed by atoms with van der Waals surface area (Å²) < 4.78 is 13.2. The summed E-state index contributed by atoms with van der Waals surface area (Å²) in [4.78, 5) is 15.0. The number of rotatable bonds is 12. The second-order valence-corrected chi connectivity index (χ2v) is 7.34. The van der Waals surface area contributed by atoms with Crippen LogP contribution in [0.5, 0.6) is 11.5 Å². The van der Waals surface area contributed by atoms with Crippen LogP contribution in [0.25, 0.3) is 0 Å². The summed E-state index contributed by atoms with van der Waals surface area (Å²) in [6, 6.07) is 15.9. The molecule has 32 heavy (non-hydrogen) atoms. The summed E-state index contributed by atoms with van der Waals surface area (Å²) in [6.07, 6.45) is 4.75. The smallest absolute Gasteiger partial charge is 0.268 e. The standard InChI is InChI=1S/C24H29N3O4.ClH/c1-2-30-21-12-10-18(11-13-21)16-31-23-9-4-3-6-19(23)7-5-8-20(28)14-27-15-22(24(25)29)26-17-27;/h3-4,6,9-13,15,17,20,28H,2,5,7-8,14,16H2,1H3,(H2,25,29);1H/t20-;/m0./s1. The number of hydrogen-bond donors (Lipinski definition) is 2. The van der Waals surface area contributed by atoms with Gasteiger partial charge in [-0.3, -0.25) is 4.79 Å². The van der Waals surface area contributed by atoms with E-state index in [0.717, 1.165) is 35.5 Å². The minimum atomic E-state index is -0.574. The highest BCUT2D eigenvalue weighted by Gasteiger charge is 2.10. The van der Waals surface area contributed by atoms with Gasteiger partial charge in [-0.05, 0) is 55.5 Å². The van der Waals surface area contributed by atoms with Crippen LogP contribution in [0.2, 0.25) is 0 Å². The van der Waals surface area contributed by atoms with Crippen molar-refractivity contribution in [2.24, 2.45) is 5.73 Å². The Labute approximate surface area is 194 Å². The van der Waals surface area contributed by atoms with Crippen LogP contribution in [0.3, 0.4) is 0 Å². The number of imidazole rings is 1. The minimum Gasteiger partial charge on any atom is -0.494 e. The summed E-state index contributed by atoms with van der Waals surface area (Å²) in [5.41, 5.74) is 7.59. The van der Waals surface area contributed by atoms with Gasteiger partial charge in [-0.25, -0.2) is 4.98 Å². The molecule has 172 valence electrons. The van der Waals surface area contributed by atoms with Crippen LogP contribution >= 0.6 is 12.4 Å². The number of benzene rings is 2. The molecule has 0 radical (unpaired) electrons. The molecule has 1 aromatic heterocycles. The maximum absolute atomic E-state index is 11.1. The van der Waals surface area contributed by atoms with Gasteiger partial charge in [-0.1, -0.05) is 30.3 Å². The summed E-state index contributed by atoms with van der Waals surface area (Å²) in [6.45, 7) is 3.46. The number of para-hydroxylation sites is 1. The molecule has 0 aliphatic heterocycles. The molecule has 1 amide bonds. The molecule has 0 aliphatic rings. The van der Waals surface area contributed by atoms with Crippen LogP contribution in [0.1, 0.15) is 41.4 Å². The molecule has 0 saturated carbocycles. The predicted octanol–water partition coefficient (Wildman–Crippen LogP) is 3.77. The third-order valence-electron chi connectivity index (χ3n) is 4.89. The lowest BCUT2D eigenvalue weighted by Gasteiger charge is -2.14. The number of aryl methyl sites for hydroxylation is 1. The van der Waals surface area contributed by atoms with Gasteiger partial charge >= 0.3 is 0 Å². The normalized spacial score (nSPS) is 11.4. The molecule has 0 bridgehead atoms. The molecule has 0 fully saturated rings. The number of primary amides is 1. The zero-order chi connectivity index (χ0) is 22.1. The number of halogens is 1. The van der Waals surface area contributed by atoms with Crippen LogP contribution in [0.4, 0.5) is 0 Å². The zero-order valence-corrected chi connectivity index (χ0v) is 19.0. The van der Waals surface area contributed by atoms with Crippen molar-refractivity contribution in [1.29, 1.82) is 0 Å². The SMILES string of the molecule is CCOc1ccc(COc2ccccc2CCC[C@H](O)Cn2cnc(C(N)=O)c2)cc1.Cl. The summed E-state index contributed by atoms with van der Waals surface area (Å²) in [5, 5.41) is 10.3. The van der Waals surface area contributed by atoms with E-state index in [0.29, 0.717) is 26.2 Å². The second-order valence-electron chi connectivity index (χ2n) is 7.34. The topological polar surface area (TPSA) is 99.6 Å². The van der Waals surface area contributed by atoms with Crippen molar-refractivity contribution in [2.45, 2.75) is 45.4 Å². The van der Waals surface area contributed by atoms with Gasteiger partial charge in [0.05, 0.1) is 19.0 Å². The Morgan fingerprint density at radius 3 is 2.59 bits per heavy atom. The van der Waals surface area contributed by atoms with Crippen molar-refractivity contribution in [2.75, 3.05) is 6.61 Å². The van der Waals surface area contributed by atoms with Gasteiger partial charge in [0.25, 0.3) is 5.91 Å². The van der Waals surface area contributed by atoms with Gasteiger partial charge in [-0.2, -0.15) is 0 Å². The van der Waals surface area contributed by atoms with Crippen molar-refractivity contribution in [3.05, 3.63) is 77.9 Å². The Kier molecular flexibility index (Phi) is 10.0. The Hall–Kier alpha value is -3.03. The first-order valence-corrected chi connectivity index (χ1v) is 10.5. The number of carbonyl (C=O) groups is 1. The molecule has 3 rings (SSSR count). The predicted molar refractivity (Wildman–Crippen MR) is 125 cm³/mol. The molecular weight excluding hydrogens is 430 g/mol. The summed E-state index contributed by atoms with van der Waals surface area (Å²) >= 11 is 0. The molecule has 0 spiro atoms. The van der Waals surface area contributed by atoms with Gasteiger partial charge in [0.2, 0.25) is 0 Å². The van der Waals surface area contributed by atoms with Crippen molar-refractivity contribution >= 4 is 18.3 Å². The van der Waals surface area contributed by atoms with Crippen LogP contribution in [0, 0.1) is 0 Å². The lowest BCUT2D eigenvalue weighted by atomic mass is 10.0. The lowest BCUT2D eigenvalue weighted by Crippen LogP contribution is -2.15. The number of amides is 1. The average molecular weight is 460 g/mol. The van der Waals surface area contributed by atoms with E-state index >= 15 is 0 Å². The molecule has 0 aliphatic carbocycles. The molecule has 7 nitrogen and oxygen atoms in total. The number of carbonyl (C=O) groups excluding carboxylic acids is 1. The van der Waals surface area contributed by atoms with Gasteiger partial charge in [0, 0.05) is 12.7 Å². The highest BCUT2D eigenvalue weighted by atomic mass is 35.5. The third-order valence-corrected chi connectivity index (χ3v) is 4.89. The van der Waals surface area contributed by atoms with Crippen molar-refractivity contribution in [3.63, 3.8) is 0 Å². The number of aliphatic hydroxyl groups excluding tert-OH is 1. The van der Waals surface area contributed by atoms with E-state index in [4.69, 9.17) is 15.2 Å². The molecule has 2 aromatic carbocycles. The third kappa shape index (κ3) is 7.59. The van der Waals surface area contributed by atoms with Crippen LogP contribution in [-0.4, -0.2) is 33.3 Å². The summed E-state index contributed by atoms with van der Waals surface area (Å²) in [5.74, 6) is 1.13. The van der Waals surface area contributed by atoms with Crippen LogP contribution < -0.4 is 15.2 Å². The average Bonchev–Trinajstić information content (AvgIpc) is 3.23. The van der Waals surface area contributed by atoms with Gasteiger partial charge < -0.3 is 24.9 Å². The molecule has 1 atom stereocenters. The van der Waals surface area contributed by atoms with Gasteiger partial charge in [0.1, 0.15) is 23.8 Å². The molecule has 1 heterocycles. The number of hydrogen-bond acceptors (Lipinski definition) is 5. The maximum atomic E-state index is 11.1. The van der Waals surface area contributed by atoms with Gasteiger partial charge in [0.15, 0.2) is 0 Å². The Balaban J connectivity index is 0.00000363. The minimum absolute atomic E-state index is 0. The summed E-state index contributed by atoms with van der Waals surface area (Å²) in [7, 11) is 0. The first-order valence-electron chi connectivity index (χ1n) is 10.5. The fourth-order valence-electron chi connectivity index (χ4n) is 3.31. The Morgan fingerprint density at radius 1 is 1.16 bits per heavy atom. The van der Waals surface area contributed by atoms with Gasteiger partial charge in [-0.15, -0.1) is 12.4 Å². The fourth-order valence-corrected chi connectivity index (χ4v) is 3.31. The van der Waals surface area contributed by atoms with Crippen molar-refractivity contribution in [3.8, 4) is 11.5 Å². The molecule has 8 heteroatoms. The number of nitrogens with two attached hydrogens (primary N) is 1. The first-order chi connectivity index (χ1) is 15.0.